The van der Waals surface area contributed by atoms with Crippen LogP contribution in [0.3, 0.4) is 0 Å². The van der Waals surface area contributed by atoms with Crippen molar-refractivity contribution in [2.75, 3.05) is 53.7 Å². The van der Waals surface area contributed by atoms with Crippen LogP contribution in [0.5, 0.6) is 0 Å². The lowest BCUT2D eigenvalue weighted by Crippen LogP contribution is -2.39. The molecule has 0 saturated carbocycles. The van der Waals surface area contributed by atoms with Gasteiger partial charge in [0.15, 0.2) is 0 Å². The number of hydrogen-bond donors (Lipinski definition) is 2. The lowest BCUT2D eigenvalue weighted by atomic mass is 10.3. The van der Waals surface area contributed by atoms with Crippen molar-refractivity contribution in [2.45, 2.75) is 19.3 Å². The van der Waals surface area contributed by atoms with E-state index in [4.69, 9.17) is 14.6 Å². The number of nitrogens with one attached hydrogen (secondary N) is 1. The van der Waals surface area contributed by atoms with Crippen molar-refractivity contribution in [3.8, 4) is 0 Å². The van der Waals surface area contributed by atoms with Gasteiger partial charge in [0.05, 0.1) is 13.2 Å². The Balaban J connectivity index is 3.58. The van der Waals surface area contributed by atoms with E-state index in [0.717, 1.165) is 12.8 Å². The van der Waals surface area contributed by atoms with Crippen LogP contribution in [0, 0.1) is 0 Å². The van der Waals surface area contributed by atoms with Crippen LogP contribution in [0.25, 0.3) is 0 Å². The Bertz CT molecular complexity index is 297. The molecule has 0 heterocycles. The number of methoxy groups -OCH3 is 1. The molecule has 19 heavy (non-hydrogen) atoms. The van der Waals surface area contributed by atoms with Gasteiger partial charge < -0.3 is 14.6 Å². The summed E-state index contributed by atoms with van der Waals surface area (Å²) in [5.74, 6) is 0. The summed E-state index contributed by atoms with van der Waals surface area (Å²) in [7, 11) is -0.314. The summed E-state index contributed by atoms with van der Waals surface area (Å²) in [5.41, 5.74) is 0. The molecule has 2 N–H and O–H groups in total. The molecule has 0 atom stereocenters. The first kappa shape index (κ1) is 18.8. The SMILES string of the molecule is COCCOCCCCNS(=O)(=O)N(C)CCCO. The molecule has 0 unspecified atom stereocenters. The maximum Gasteiger partial charge on any atom is 0.279 e. The van der Waals surface area contributed by atoms with Crippen LogP contribution < -0.4 is 4.72 Å². The number of aliphatic hydroxyl groups excluding tert-OH is 1. The third kappa shape index (κ3) is 10.2. The Labute approximate surface area is 116 Å². The Morgan fingerprint density at radius 2 is 1.89 bits per heavy atom. The van der Waals surface area contributed by atoms with E-state index in [1.54, 1.807) is 7.11 Å². The molecule has 0 radical (unpaired) electrons. The van der Waals surface area contributed by atoms with Crippen LogP contribution in [-0.2, 0) is 19.7 Å². The van der Waals surface area contributed by atoms with E-state index in [2.05, 4.69) is 4.72 Å². The maximum absolute atomic E-state index is 11.7. The second kappa shape index (κ2) is 11.6. The van der Waals surface area contributed by atoms with Gasteiger partial charge in [0.2, 0.25) is 0 Å². The highest BCUT2D eigenvalue weighted by molar-refractivity contribution is 7.87. The molecule has 0 saturated heterocycles. The van der Waals surface area contributed by atoms with Gasteiger partial charge >= 0.3 is 0 Å². The van der Waals surface area contributed by atoms with Gasteiger partial charge in [-0.15, -0.1) is 0 Å². The van der Waals surface area contributed by atoms with Gasteiger partial charge in [-0.2, -0.15) is 12.7 Å². The van der Waals surface area contributed by atoms with E-state index in [1.165, 1.54) is 11.4 Å². The summed E-state index contributed by atoms with van der Waals surface area (Å²) in [4.78, 5) is 0. The normalized spacial score (nSPS) is 12.2. The van der Waals surface area contributed by atoms with Crippen molar-refractivity contribution in [3.05, 3.63) is 0 Å². The molecule has 0 aromatic rings. The summed E-state index contributed by atoms with van der Waals surface area (Å²) >= 11 is 0. The van der Waals surface area contributed by atoms with Gasteiger partial charge in [-0.1, -0.05) is 0 Å². The second-order valence-electron chi connectivity index (χ2n) is 4.11. The van der Waals surface area contributed by atoms with E-state index in [-0.39, 0.29) is 6.61 Å². The maximum atomic E-state index is 11.7. The number of nitrogens with zero attached hydrogens (tertiary/aromatic N) is 1. The molecular formula is C11H26N2O5S. The number of rotatable bonds is 13. The standard InChI is InChI=1S/C11H26N2O5S/c1-13(7-5-8-14)19(15,16)12-6-3-4-9-18-11-10-17-2/h12,14H,3-11H2,1-2H3. The van der Waals surface area contributed by atoms with Crippen molar-refractivity contribution in [2.24, 2.45) is 0 Å². The second-order valence-corrected chi connectivity index (χ2v) is 5.97. The first-order valence-corrected chi connectivity index (χ1v) is 7.87. The topological polar surface area (TPSA) is 88.1 Å². The molecule has 0 aliphatic heterocycles. The van der Waals surface area contributed by atoms with Gasteiger partial charge in [0.25, 0.3) is 10.2 Å². The fraction of sp³-hybridized carbons (Fsp3) is 1.00. The van der Waals surface area contributed by atoms with Crippen molar-refractivity contribution >= 4 is 10.2 Å². The van der Waals surface area contributed by atoms with Crippen molar-refractivity contribution in [1.82, 2.24) is 9.03 Å². The summed E-state index contributed by atoms with van der Waals surface area (Å²) in [6.07, 6.45) is 1.96. The van der Waals surface area contributed by atoms with E-state index in [1.807, 2.05) is 0 Å². The highest BCUT2D eigenvalue weighted by Gasteiger charge is 2.15. The first-order chi connectivity index (χ1) is 9.04. The molecule has 7 nitrogen and oxygen atoms in total. The third-order valence-corrected chi connectivity index (χ3v) is 4.05. The van der Waals surface area contributed by atoms with Gasteiger partial charge in [0.1, 0.15) is 0 Å². The smallest absolute Gasteiger partial charge is 0.279 e. The molecule has 0 fully saturated rings. The monoisotopic (exact) mass is 298 g/mol. The number of hydrogen-bond acceptors (Lipinski definition) is 5. The molecule has 0 amide bonds. The molecule has 0 aliphatic rings. The average molecular weight is 298 g/mol. The summed E-state index contributed by atoms with van der Waals surface area (Å²) in [5, 5.41) is 8.65. The van der Waals surface area contributed by atoms with Gasteiger partial charge in [-0.25, -0.2) is 4.72 Å². The molecule has 0 aromatic carbocycles. The zero-order chi connectivity index (χ0) is 14.6. The molecule has 0 aromatic heterocycles. The first-order valence-electron chi connectivity index (χ1n) is 6.43. The van der Waals surface area contributed by atoms with Crippen LogP contribution in [0.4, 0.5) is 0 Å². The van der Waals surface area contributed by atoms with E-state index in [0.29, 0.717) is 39.3 Å². The molecule has 8 heteroatoms. The quantitative estimate of drug-likeness (QED) is 0.451. The Hall–Kier alpha value is -0.250. The highest BCUT2D eigenvalue weighted by atomic mass is 32.2. The Morgan fingerprint density at radius 3 is 2.53 bits per heavy atom. The van der Waals surface area contributed by atoms with Crippen LogP contribution >= 0.6 is 0 Å². The fourth-order valence-corrected chi connectivity index (χ4v) is 2.29. The van der Waals surface area contributed by atoms with E-state index >= 15 is 0 Å². The lowest BCUT2D eigenvalue weighted by molar-refractivity contribution is 0.0689. The predicted molar refractivity (Wildman–Crippen MR) is 73.2 cm³/mol. The molecule has 0 bridgehead atoms. The van der Waals surface area contributed by atoms with Crippen molar-refractivity contribution < 1.29 is 23.0 Å². The minimum absolute atomic E-state index is 0.0152. The van der Waals surface area contributed by atoms with Gasteiger partial charge in [-0.05, 0) is 19.3 Å². The van der Waals surface area contributed by atoms with Gasteiger partial charge in [0, 0.05) is 40.5 Å². The fourth-order valence-electron chi connectivity index (χ4n) is 1.30. The highest BCUT2D eigenvalue weighted by Crippen LogP contribution is 1.97. The number of aliphatic hydroxyl groups is 1. The van der Waals surface area contributed by atoms with E-state index < -0.39 is 10.2 Å². The van der Waals surface area contributed by atoms with Crippen LogP contribution in [-0.4, -0.2) is 71.5 Å². The molecule has 0 aliphatic carbocycles. The number of ether oxygens (including phenoxy) is 2. The zero-order valence-electron chi connectivity index (χ0n) is 11.8. The third-order valence-electron chi connectivity index (χ3n) is 2.47. The minimum Gasteiger partial charge on any atom is -0.396 e. The lowest BCUT2D eigenvalue weighted by Gasteiger charge is -2.17. The largest absolute Gasteiger partial charge is 0.396 e. The van der Waals surface area contributed by atoms with Gasteiger partial charge in [-0.3, -0.25) is 0 Å². The summed E-state index contributed by atoms with van der Waals surface area (Å²) in [6, 6.07) is 0. The molecule has 0 spiro atoms. The zero-order valence-corrected chi connectivity index (χ0v) is 12.6. The minimum atomic E-state index is -3.42. The molecule has 116 valence electrons. The van der Waals surface area contributed by atoms with Crippen LogP contribution in [0.15, 0.2) is 0 Å². The van der Waals surface area contributed by atoms with Crippen molar-refractivity contribution in [3.63, 3.8) is 0 Å². The predicted octanol–water partition coefficient (Wildman–Crippen LogP) is -0.422. The van der Waals surface area contributed by atoms with Crippen LogP contribution in [0.1, 0.15) is 19.3 Å². The van der Waals surface area contributed by atoms with Crippen LogP contribution in [0.2, 0.25) is 0 Å². The summed E-state index contributed by atoms with van der Waals surface area (Å²) < 4.78 is 37.2. The van der Waals surface area contributed by atoms with Crippen molar-refractivity contribution in [1.29, 1.82) is 0 Å². The molecule has 0 rings (SSSR count). The number of unbranched alkanes of at least 4 members (excludes halogenated alkanes) is 1. The molecular weight excluding hydrogens is 272 g/mol. The van der Waals surface area contributed by atoms with E-state index in [9.17, 15) is 8.42 Å². The average Bonchev–Trinajstić information content (AvgIpc) is 2.38. The summed E-state index contributed by atoms with van der Waals surface area (Å²) in [6.45, 7) is 2.42. The Kier molecular flexibility index (Phi) is 11.4. The Morgan fingerprint density at radius 1 is 1.16 bits per heavy atom.